The average Bonchev–Trinajstić information content (AvgIpc) is 2.42. The Labute approximate surface area is 121 Å². The molecule has 1 unspecified atom stereocenters. The number of hydrogen-bond donors (Lipinski definition) is 2. The molecule has 0 saturated carbocycles. The van der Waals surface area contributed by atoms with Crippen molar-refractivity contribution in [1.82, 2.24) is 15.5 Å². The van der Waals surface area contributed by atoms with Crippen molar-refractivity contribution < 1.29 is 9.59 Å². The Morgan fingerprint density at radius 3 is 2.65 bits per heavy atom. The fourth-order valence-corrected chi connectivity index (χ4v) is 3.25. The summed E-state index contributed by atoms with van der Waals surface area (Å²) in [4.78, 5) is 26.8. The van der Waals surface area contributed by atoms with Crippen LogP contribution < -0.4 is 10.6 Å². The maximum atomic E-state index is 13.0. The standard InChI is InChI=1S/C15H27N3O2/c1-14(2,11-6-5-7-16-10-11)13(20)18-9-8-17-12(19)15(18,3)4/h11,16H,5-10H2,1-4H3,(H,17,19). The Morgan fingerprint density at radius 2 is 2.05 bits per heavy atom. The van der Waals surface area contributed by atoms with Gasteiger partial charge in [-0.2, -0.15) is 0 Å². The smallest absolute Gasteiger partial charge is 0.245 e. The molecule has 2 rings (SSSR count). The largest absolute Gasteiger partial charge is 0.352 e. The van der Waals surface area contributed by atoms with Gasteiger partial charge in [0.2, 0.25) is 11.8 Å². The van der Waals surface area contributed by atoms with Crippen LogP contribution >= 0.6 is 0 Å². The van der Waals surface area contributed by atoms with Gasteiger partial charge in [-0.15, -0.1) is 0 Å². The second-order valence-electron chi connectivity index (χ2n) is 7.04. The topological polar surface area (TPSA) is 61.4 Å². The molecule has 20 heavy (non-hydrogen) atoms. The van der Waals surface area contributed by atoms with Gasteiger partial charge in [-0.1, -0.05) is 13.8 Å². The predicted molar refractivity (Wildman–Crippen MR) is 78.2 cm³/mol. The third-order valence-corrected chi connectivity index (χ3v) is 4.97. The molecule has 5 heteroatoms. The molecule has 0 aromatic carbocycles. The first-order valence-corrected chi connectivity index (χ1v) is 7.59. The van der Waals surface area contributed by atoms with E-state index < -0.39 is 11.0 Å². The van der Waals surface area contributed by atoms with Crippen molar-refractivity contribution in [3.05, 3.63) is 0 Å². The summed E-state index contributed by atoms with van der Waals surface area (Å²) in [6, 6.07) is 0. The molecule has 2 aliphatic heterocycles. The highest BCUT2D eigenvalue weighted by Gasteiger charge is 2.47. The molecule has 5 nitrogen and oxygen atoms in total. The van der Waals surface area contributed by atoms with Crippen LogP contribution in [0.2, 0.25) is 0 Å². The van der Waals surface area contributed by atoms with Crippen LogP contribution in [0.4, 0.5) is 0 Å². The van der Waals surface area contributed by atoms with Crippen molar-refractivity contribution >= 4 is 11.8 Å². The second kappa shape index (κ2) is 5.35. The van der Waals surface area contributed by atoms with Gasteiger partial charge in [-0.05, 0) is 45.7 Å². The Morgan fingerprint density at radius 1 is 1.35 bits per heavy atom. The van der Waals surface area contributed by atoms with Gasteiger partial charge in [0, 0.05) is 18.5 Å². The SMILES string of the molecule is CC(C)(C(=O)N1CCNC(=O)C1(C)C)C1CCCNC1. The summed E-state index contributed by atoms with van der Waals surface area (Å²) in [6.07, 6.45) is 2.19. The van der Waals surface area contributed by atoms with Gasteiger partial charge in [0.1, 0.15) is 5.54 Å². The van der Waals surface area contributed by atoms with Crippen LogP contribution in [0, 0.1) is 11.3 Å². The Kier molecular flexibility index (Phi) is 4.09. The van der Waals surface area contributed by atoms with E-state index in [9.17, 15) is 9.59 Å². The first kappa shape index (κ1) is 15.3. The van der Waals surface area contributed by atoms with E-state index in [4.69, 9.17) is 0 Å². The molecule has 2 saturated heterocycles. The molecule has 2 N–H and O–H groups in total. The highest BCUT2D eigenvalue weighted by atomic mass is 16.2. The minimum atomic E-state index is -0.755. The summed E-state index contributed by atoms with van der Waals surface area (Å²) in [7, 11) is 0. The number of amides is 2. The van der Waals surface area contributed by atoms with Gasteiger partial charge in [0.25, 0.3) is 0 Å². The molecule has 1 atom stereocenters. The van der Waals surface area contributed by atoms with E-state index in [0.717, 1.165) is 25.9 Å². The minimum absolute atomic E-state index is 0.0605. The third-order valence-electron chi connectivity index (χ3n) is 4.97. The summed E-state index contributed by atoms with van der Waals surface area (Å²) < 4.78 is 0. The number of carbonyl (C=O) groups excluding carboxylic acids is 2. The summed E-state index contributed by atoms with van der Waals surface area (Å²) in [5.41, 5.74) is -1.18. The Bertz CT molecular complexity index is 398. The monoisotopic (exact) mass is 281 g/mol. The lowest BCUT2D eigenvalue weighted by Crippen LogP contribution is -2.66. The van der Waals surface area contributed by atoms with Crippen LogP contribution in [-0.2, 0) is 9.59 Å². The number of carbonyl (C=O) groups is 2. The number of nitrogens with one attached hydrogen (secondary N) is 2. The quantitative estimate of drug-likeness (QED) is 0.785. The van der Waals surface area contributed by atoms with E-state index in [1.165, 1.54) is 0 Å². The van der Waals surface area contributed by atoms with E-state index in [1.54, 1.807) is 4.90 Å². The first-order chi connectivity index (χ1) is 9.28. The van der Waals surface area contributed by atoms with E-state index >= 15 is 0 Å². The fourth-order valence-electron chi connectivity index (χ4n) is 3.25. The molecule has 2 fully saturated rings. The lowest BCUT2D eigenvalue weighted by molar-refractivity contribution is -0.158. The molecule has 0 radical (unpaired) electrons. The lowest BCUT2D eigenvalue weighted by Gasteiger charge is -2.47. The number of piperidine rings is 1. The van der Waals surface area contributed by atoms with E-state index in [-0.39, 0.29) is 11.8 Å². The molecule has 0 aromatic heterocycles. The second-order valence-corrected chi connectivity index (χ2v) is 7.04. The normalized spacial score (nSPS) is 27.1. The van der Waals surface area contributed by atoms with Crippen LogP contribution in [0.1, 0.15) is 40.5 Å². The molecular weight excluding hydrogens is 254 g/mol. The molecule has 2 aliphatic rings. The zero-order chi connectivity index (χ0) is 15.0. The molecule has 0 bridgehead atoms. The lowest BCUT2D eigenvalue weighted by atomic mass is 9.73. The van der Waals surface area contributed by atoms with Gasteiger partial charge in [-0.3, -0.25) is 9.59 Å². The molecule has 0 aromatic rings. The molecular formula is C15H27N3O2. The maximum absolute atomic E-state index is 13.0. The molecule has 0 aliphatic carbocycles. The summed E-state index contributed by atoms with van der Waals surface area (Å²) in [5.74, 6) is 0.380. The van der Waals surface area contributed by atoms with Gasteiger partial charge >= 0.3 is 0 Å². The summed E-state index contributed by atoms with van der Waals surface area (Å²) in [5, 5.41) is 6.22. The van der Waals surface area contributed by atoms with Crippen LogP contribution in [0.15, 0.2) is 0 Å². The van der Waals surface area contributed by atoms with Crippen molar-refractivity contribution in [3.8, 4) is 0 Å². The van der Waals surface area contributed by atoms with Gasteiger partial charge < -0.3 is 15.5 Å². The van der Waals surface area contributed by atoms with Gasteiger partial charge in [-0.25, -0.2) is 0 Å². The number of nitrogens with zero attached hydrogens (tertiary/aromatic N) is 1. The number of piperazine rings is 1. The van der Waals surface area contributed by atoms with Crippen molar-refractivity contribution in [3.63, 3.8) is 0 Å². The maximum Gasteiger partial charge on any atom is 0.245 e. The van der Waals surface area contributed by atoms with Crippen molar-refractivity contribution in [1.29, 1.82) is 0 Å². The molecule has 2 amide bonds. The molecule has 2 heterocycles. The fraction of sp³-hybridized carbons (Fsp3) is 0.867. The zero-order valence-electron chi connectivity index (χ0n) is 13.1. The predicted octanol–water partition coefficient (Wildman–Crippen LogP) is 0.749. The Balaban J connectivity index is 2.18. The Hall–Kier alpha value is -1.10. The average molecular weight is 281 g/mol. The number of hydrogen-bond acceptors (Lipinski definition) is 3. The van der Waals surface area contributed by atoms with Crippen LogP contribution in [0.3, 0.4) is 0 Å². The zero-order valence-corrected chi connectivity index (χ0v) is 13.1. The van der Waals surface area contributed by atoms with Crippen molar-refractivity contribution in [2.24, 2.45) is 11.3 Å². The van der Waals surface area contributed by atoms with Gasteiger partial charge in [0.15, 0.2) is 0 Å². The van der Waals surface area contributed by atoms with Gasteiger partial charge in [0.05, 0.1) is 0 Å². The highest BCUT2D eigenvalue weighted by Crippen LogP contribution is 2.36. The van der Waals surface area contributed by atoms with Crippen molar-refractivity contribution in [2.45, 2.75) is 46.1 Å². The van der Waals surface area contributed by atoms with E-state index in [0.29, 0.717) is 19.0 Å². The minimum Gasteiger partial charge on any atom is -0.352 e. The summed E-state index contributed by atoms with van der Waals surface area (Å²) in [6.45, 7) is 10.8. The molecule has 0 spiro atoms. The number of rotatable bonds is 2. The van der Waals surface area contributed by atoms with Crippen LogP contribution in [0.5, 0.6) is 0 Å². The first-order valence-electron chi connectivity index (χ1n) is 7.59. The van der Waals surface area contributed by atoms with E-state index in [1.807, 2.05) is 27.7 Å². The van der Waals surface area contributed by atoms with E-state index in [2.05, 4.69) is 10.6 Å². The molecule has 114 valence electrons. The third kappa shape index (κ3) is 2.55. The van der Waals surface area contributed by atoms with Crippen LogP contribution in [-0.4, -0.2) is 48.4 Å². The van der Waals surface area contributed by atoms with Crippen molar-refractivity contribution in [2.75, 3.05) is 26.2 Å². The summed E-state index contributed by atoms with van der Waals surface area (Å²) >= 11 is 0. The van der Waals surface area contributed by atoms with Crippen LogP contribution in [0.25, 0.3) is 0 Å². The highest BCUT2D eigenvalue weighted by molar-refractivity contribution is 5.93.